The Morgan fingerprint density at radius 2 is 2.26 bits per heavy atom. The molecule has 1 fully saturated rings. The number of aliphatic hydroxyl groups is 1. The van der Waals surface area contributed by atoms with Gasteiger partial charge in [0, 0.05) is 23.6 Å². The first kappa shape index (κ1) is 12.7. The van der Waals surface area contributed by atoms with Crippen molar-refractivity contribution in [2.24, 2.45) is 0 Å². The molecule has 0 amide bonds. The van der Waals surface area contributed by atoms with Crippen molar-refractivity contribution in [1.82, 2.24) is 9.88 Å². The summed E-state index contributed by atoms with van der Waals surface area (Å²) < 4.78 is 5.36. The summed E-state index contributed by atoms with van der Waals surface area (Å²) in [6, 6.07) is 8.53. The summed E-state index contributed by atoms with van der Waals surface area (Å²) in [5.41, 5.74) is 2.46. The standard InChI is InChI=1S/C15H20N2O2/c1-2-17(14-9-19-10-15(14)18)8-11-4-3-5-13-12(11)6-7-16-13/h3-7,14-16,18H,2,8-10H2,1H3/t14-,15-/m0/s1. The number of fused-ring (bicyclic) bond motifs is 1. The lowest BCUT2D eigenvalue weighted by atomic mass is 10.1. The molecule has 1 aliphatic heterocycles. The molecule has 102 valence electrons. The fraction of sp³-hybridized carbons (Fsp3) is 0.467. The second-order valence-corrected chi connectivity index (χ2v) is 5.09. The Labute approximate surface area is 113 Å². The van der Waals surface area contributed by atoms with E-state index in [9.17, 15) is 5.11 Å². The van der Waals surface area contributed by atoms with E-state index in [4.69, 9.17) is 4.74 Å². The van der Waals surface area contributed by atoms with E-state index in [1.54, 1.807) is 0 Å². The minimum Gasteiger partial charge on any atom is -0.389 e. The third kappa shape index (κ3) is 2.39. The lowest BCUT2D eigenvalue weighted by Gasteiger charge is -2.28. The van der Waals surface area contributed by atoms with Gasteiger partial charge in [-0.05, 0) is 24.2 Å². The molecule has 0 unspecified atom stereocenters. The summed E-state index contributed by atoms with van der Waals surface area (Å²) in [6.45, 7) is 4.96. The fourth-order valence-electron chi connectivity index (χ4n) is 2.85. The summed E-state index contributed by atoms with van der Waals surface area (Å²) in [5.74, 6) is 0. The topological polar surface area (TPSA) is 48.5 Å². The Morgan fingerprint density at radius 1 is 1.37 bits per heavy atom. The van der Waals surface area contributed by atoms with E-state index < -0.39 is 0 Å². The van der Waals surface area contributed by atoms with Crippen molar-refractivity contribution in [3.63, 3.8) is 0 Å². The minimum atomic E-state index is -0.370. The van der Waals surface area contributed by atoms with Gasteiger partial charge in [0.1, 0.15) is 0 Å². The van der Waals surface area contributed by atoms with Gasteiger partial charge in [-0.2, -0.15) is 0 Å². The highest BCUT2D eigenvalue weighted by Gasteiger charge is 2.31. The Bertz CT molecular complexity index is 552. The summed E-state index contributed by atoms with van der Waals surface area (Å²) in [5, 5.41) is 11.2. The van der Waals surface area contributed by atoms with Crippen LogP contribution in [0.3, 0.4) is 0 Å². The highest BCUT2D eigenvalue weighted by Crippen LogP contribution is 2.22. The second-order valence-electron chi connectivity index (χ2n) is 5.09. The number of nitrogens with zero attached hydrogens (tertiary/aromatic N) is 1. The van der Waals surface area contributed by atoms with E-state index in [0.717, 1.165) is 18.6 Å². The largest absolute Gasteiger partial charge is 0.389 e. The van der Waals surface area contributed by atoms with Crippen molar-refractivity contribution in [2.75, 3.05) is 19.8 Å². The van der Waals surface area contributed by atoms with Crippen LogP contribution < -0.4 is 0 Å². The van der Waals surface area contributed by atoms with Gasteiger partial charge in [0.15, 0.2) is 0 Å². The number of hydrogen-bond donors (Lipinski definition) is 2. The molecular formula is C15H20N2O2. The molecule has 1 aromatic carbocycles. The number of benzene rings is 1. The molecule has 0 aliphatic carbocycles. The molecule has 2 atom stereocenters. The van der Waals surface area contributed by atoms with Crippen molar-refractivity contribution >= 4 is 10.9 Å². The molecule has 2 N–H and O–H groups in total. The molecule has 1 aromatic heterocycles. The number of H-pyrrole nitrogens is 1. The van der Waals surface area contributed by atoms with Crippen LogP contribution >= 0.6 is 0 Å². The van der Waals surface area contributed by atoms with Crippen LogP contribution in [-0.4, -0.2) is 46.9 Å². The lowest BCUT2D eigenvalue weighted by Crippen LogP contribution is -2.42. The van der Waals surface area contributed by atoms with Crippen molar-refractivity contribution in [2.45, 2.75) is 25.6 Å². The van der Waals surface area contributed by atoms with E-state index in [1.165, 1.54) is 10.9 Å². The third-order valence-electron chi connectivity index (χ3n) is 3.96. The SMILES string of the molecule is CCN(Cc1cccc2[nH]ccc12)[C@H]1COC[C@@H]1O. The molecule has 1 saturated heterocycles. The third-order valence-corrected chi connectivity index (χ3v) is 3.96. The van der Waals surface area contributed by atoms with Gasteiger partial charge < -0.3 is 14.8 Å². The van der Waals surface area contributed by atoms with Crippen molar-refractivity contribution < 1.29 is 9.84 Å². The molecule has 2 aromatic rings. The molecule has 1 aliphatic rings. The average Bonchev–Trinajstić information content (AvgIpc) is 3.05. The summed E-state index contributed by atoms with van der Waals surface area (Å²) in [6.07, 6.45) is 1.60. The number of aromatic nitrogens is 1. The number of nitrogens with one attached hydrogen (secondary N) is 1. The van der Waals surface area contributed by atoms with Crippen LogP contribution in [0.2, 0.25) is 0 Å². The Morgan fingerprint density at radius 3 is 3.00 bits per heavy atom. The molecule has 0 bridgehead atoms. The van der Waals surface area contributed by atoms with Crippen molar-refractivity contribution in [3.8, 4) is 0 Å². The molecule has 3 rings (SSSR count). The predicted molar refractivity (Wildman–Crippen MR) is 75.0 cm³/mol. The fourth-order valence-corrected chi connectivity index (χ4v) is 2.85. The zero-order chi connectivity index (χ0) is 13.2. The number of aromatic amines is 1. The summed E-state index contributed by atoms with van der Waals surface area (Å²) in [7, 11) is 0. The van der Waals surface area contributed by atoms with Gasteiger partial charge in [0.25, 0.3) is 0 Å². The first-order chi connectivity index (χ1) is 9.29. The van der Waals surface area contributed by atoms with E-state index in [2.05, 4.69) is 41.1 Å². The Hall–Kier alpha value is -1.36. The molecule has 19 heavy (non-hydrogen) atoms. The second kappa shape index (κ2) is 5.33. The van der Waals surface area contributed by atoms with E-state index in [1.807, 2.05) is 6.20 Å². The van der Waals surface area contributed by atoms with Gasteiger partial charge in [-0.15, -0.1) is 0 Å². The molecule has 2 heterocycles. The van der Waals surface area contributed by atoms with Crippen LogP contribution in [0, 0.1) is 0 Å². The minimum absolute atomic E-state index is 0.110. The van der Waals surface area contributed by atoms with Crippen LogP contribution in [0.15, 0.2) is 30.5 Å². The molecule has 4 heteroatoms. The monoisotopic (exact) mass is 260 g/mol. The van der Waals surface area contributed by atoms with Crippen LogP contribution in [0.25, 0.3) is 10.9 Å². The van der Waals surface area contributed by atoms with Crippen LogP contribution in [0.1, 0.15) is 12.5 Å². The van der Waals surface area contributed by atoms with Gasteiger partial charge in [-0.25, -0.2) is 0 Å². The van der Waals surface area contributed by atoms with Crippen molar-refractivity contribution in [3.05, 3.63) is 36.0 Å². The molecular weight excluding hydrogens is 240 g/mol. The van der Waals surface area contributed by atoms with E-state index in [-0.39, 0.29) is 12.1 Å². The highest BCUT2D eigenvalue weighted by molar-refractivity contribution is 5.82. The summed E-state index contributed by atoms with van der Waals surface area (Å²) in [4.78, 5) is 5.53. The molecule has 0 radical (unpaired) electrons. The highest BCUT2D eigenvalue weighted by atomic mass is 16.5. The Kier molecular flexibility index (Phi) is 3.55. The van der Waals surface area contributed by atoms with Gasteiger partial charge in [0.05, 0.1) is 25.4 Å². The van der Waals surface area contributed by atoms with Crippen molar-refractivity contribution in [1.29, 1.82) is 0 Å². The average molecular weight is 260 g/mol. The van der Waals surface area contributed by atoms with Crippen LogP contribution in [-0.2, 0) is 11.3 Å². The molecule has 0 spiro atoms. The molecule has 4 nitrogen and oxygen atoms in total. The maximum Gasteiger partial charge on any atom is 0.0950 e. The van der Waals surface area contributed by atoms with Gasteiger partial charge in [0.2, 0.25) is 0 Å². The number of aliphatic hydroxyl groups excluding tert-OH is 1. The quantitative estimate of drug-likeness (QED) is 0.880. The van der Waals surface area contributed by atoms with Crippen LogP contribution in [0.4, 0.5) is 0 Å². The normalized spacial score (nSPS) is 23.5. The molecule has 0 saturated carbocycles. The number of hydrogen-bond acceptors (Lipinski definition) is 3. The number of ether oxygens (including phenoxy) is 1. The lowest BCUT2D eigenvalue weighted by molar-refractivity contribution is 0.0810. The van der Waals surface area contributed by atoms with E-state index >= 15 is 0 Å². The van der Waals surface area contributed by atoms with E-state index in [0.29, 0.717) is 13.2 Å². The zero-order valence-electron chi connectivity index (χ0n) is 11.2. The summed E-state index contributed by atoms with van der Waals surface area (Å²) >= 11 is 0. The van der Waals surface area contributed by atoms with Crippen LogP contribution in [0.5, 0.6) is 0 Å². The maximum absolute atomic E-state index is 9.97. The van der Waals surface area contributed by atoms with Gasteiger partial charge in [-0.3, -0.25) is 4.90 Å². The number of rotatable bonds is 4. The number of likely N-dealkylation sites (N-methyl/N-ethyl adjacent to an activating group) is 1. The smallest absolute Gasteiger partial charge is 0.0950 e. The maximum atomic E-state index is 9.97. The van der Waals surface area contributed by atoms with Gasteiger partial charge in [-0.1, -0.05) is 19.1 Å². The first-order valence-corrected chi connectivity index (χ1v) is 6.84. The first-order valence-electron chi connectivity index (χ1n) is 6.84. The van der Waals surface area contributed by atoms with Gasteiger partial charge >= 0.3 is 0 Å². The zero-order valence-corrected chi connectivity index (χ0v) is 11.2. The predicted octanol–water partition coefficient (Wildman–Crippen LogP) is 1.75. The Balaban J connectivity index is 1.84.